The maximum absolute atomic E-state index is 14.0. The number of ether oxygens (including phenoxy) is 2. The van der Waals surface area contributed by atoms with E-state index in [0.29, 0.717) is 41.0 Å². The maximum Gasteiger partial charge on any atom is 0.290 e. The topological polar surface area (TPSA) is 69.0 Å². The van der Waals surface area contributed by atoms with Crippen LogP contribution in [0.1, 0.15) is 70.7 Å². The Morgan fingerprint density at radius 1 is 0.897 bits per heavy atom. The second-order valence-corrected chi connectivity index (χ2v) is 11.3. The first-order valence-corrected chi connectivity index (χ1v) is 13.2. The first kappa shape index (κ1) is 26.5. The van der Waals surface area contributed by atoms with E-state index >= 15 is 0 Å². The van der Waals surface area contributed by atoms with Crippen LogP contribution in [0.5, 0.6) is 11.5 Å². The van der Waals surface area contributed by atoms with Gasteiger partial charge in [-0.05, 0) is 71.7 Å². The molecule has 0 bridgehead atoms. The number of hydrogen-bond donors (Lipinski definition) is 0. The van der Waals surface area contributed by atoms with Crippen LogP contribution < -0.4 is 14.9 Å². The van der Waals surface area contributed by atoms with E-state index in [1.165, 1.54) is 5.56 Å². The van der Waals surface area contributed by atoms with Crippen molar-refractivity contribution < 1.29 is 18.7 Å². The normalized spacial score (nSPS) is 15.1. The average molecular weight is 526 g/mol. The van der Waals surface area contributed by atoms with Gasteiger partial charge < -0.3 is 18.8 Å². The molecule has 1 aromatic heterocycles. The smallest absolute Gasteiger partial charge is 0.290 e. The van der Waals surface area contributed by atoms with Crippen molar-refractivity contribution in [2.24, 2.45) is 0 Å². The Morgan fingerprint density at radius 3 is 2.23 bits per heavy atom. The number of rotatable bonds is 6. The van der Waals surface area contributed by atoms with Crippen molar-refractivity contribution in [3.63, 3.8) is 0 Å². The predicted molar refractivity (Wildman–Crippen MR) is 153 cm³/mol. The molecule has 0 aliphatic carbocycles. The van der Waals surface area contributed by atoms with Gasteiger partial charge >= 0.3 is 0 Å². The SMILES string of the molecule is COc1ccc(CCN2C(=O)c3oc4c(C)cc(C)cc4c(=O)c3C2c2ccc(C(C)(C)C)cc2)cc1OC. The van der Waals surface area contributed by atoms with Gasteiger partial charge in [-0.1, -0.05) is 57.2 Å². The molecular formula is C33H35NO5. The van der Waals surface area contributed by atoms with E-state index in [1.807, 2.05) is 56.3 Å². The summed E-state index contributed by atoms with van der Waals surface area (Å²) in [5.41, 5.74) is 5.61. The molecule has 39 heavy (non-hydrogen) atoms. The molecule has 0 saturated heterocycles. The molecular weight excluding hydrogens is 490 g/mol. The number of benzene rings is 3. The molecule has 1 aliphatic rings. The van der Waals surface area contributed by atoms with Gasteiger partial charge in [0.05, 0.1) is 31.2 Å². The van der Waals surface area contributed by atoms with E-state index in [-0.39, 0.29) is 22.5 Å². The standard InChI is InChI=1S/C33H35NO5/c1-19-16-20(2)30-24(17-19)29(35)27-28(22-9-11-23(12-10-22)33(3,4)5)34(32(36)31(27)39-30)15-14-21-8-13-25(37-6)26(18-21)38-7/h8-13,16-18,28H,14-15H2,1-7H3. The summed E-state index contributed by atoms with van der Waals surface area (Å²) in [5, 5.41) is 0.511. The van der Waals surface area contributed by atoms with E-state index < -0.39 is 6.04 Å². The Kier molecular flexibility index (Phi) is 6.75. The molecule has 0 N–H and O–H groups in total. The number of carbonyl (C=O) groups is 1. The lowest BCUT2D eigenvalue weighted by Crippen LogP contribution is -2.31. The molecule has 1 aliphatic heterocycles. The molecule has 0 spiro atoms. The first-order chi connectivity index (χ1) is 18.5. The quantitative estimate of drug-likeness (QED) is 0.287. The van der Waals surface area contributed by atoms with Crippen LogP contribution in [0.4, 0.5) is 0 Å². The molecule has 202 valence electrons. The monoisotopic (exact) mass is 525 g/mol. The van der Waals surface area contributed by atoms with Gasteiger partial charge in [-0.3, -0.25) is 9.59 Å². The molecule has 1 unspecified atom stereocenters. The fourth-order valence-corrected chi connectivity index (χ4v) is 5.50. The summed E-state index contributed by atoms with van der Waals surface area (Å²) in [6.07, 6.45) is 0.572. The van der Waals surface area contributed by atoms with E-state index in [2.05, 4.69) is 32.9 Å². The zero-order valence-corrected chi connectivity index (χ0v) is 23.7. The number of nitrogens with zero attached hydrogens (tertiary/aromatic N) is 1. The molecule has 2 heterocycles. The van der Waals surface area contributed by atoms with Crippen LogP contribution in [0.2, 0.25) is 0 Å². The maximum atomic E-state index is 14.0. The summed E-state index contributed by atoms with van der Waals surface area (Å²) in [7, 11) is 3.20. The van der Waals surface area contributed by atoms with Gasteiger partial charge in [0.2, 0.25) is 5.76 Å². The molecule has 1 amide bonds. The highest BCUT2D eigenvalue weighted by Gasteiger charge is 2.42. The summed E-state index contributed by atoms with van der Waals surface area (Å²) in [6.45, 7) is 10.8. The van der Waals surface area contributed by atoms with Crippen molar-refractivity contribution in [3.05, 3.63) is 104 Å². The van der Waals surface area contributed by atoms with E-state index in [0.717, 1.165) is 22.3 Å². The largest absolute Gasteiger partial charge is 0.493 e. The summed E-state index contributed by atoms with van der Waals surface area (Å²) >= 11 is 0. The molecule has 5 rings (SSSR count). The molecule has 1 atom stereocenters. The van der Waals surface area contributed by atoms with Gasteiger partial charge in [0.1, 0.15) is 5.58 Å². The van der Waals surface area contributed by atoms with Gasteiger partial charge in [-0.2, -0.15) is 0 Å². The van der Waals surface area contributed by atoms with Gasteiger partial charge in [0.15, 0.2) is 16.9 Å². The highest BCUT2D eigenvalue weighted by Crippen LogP contribution is 2.39. The minimum Gasteiger partial charge on any atom is -0.493 e. The lowest BCUT2D eigenvalue weighted by molar-refractivity contribution is 0.0730. The third kappa shape index (κ3) is 4.69. The molecule has 0 fully saturated rings. The molecule has 4 aromatic rings. The summed E-state index contributed by atoms with van der Waals surface area (Å²) in [6, 6.07) is 17.3. The Balaban J connectivity index is 1.62. The summed E-state index contributed by atoms with van der Waals surface area (Å²) in [4.78, 5) is 29.6. The van der Waals surface area contributed by atoms with Gasteiger partial charge in [-0.15, -0.1) is 0 Å². The number of carbonyl (C=O) groups excluding carboxylic acids is 1. The zero-order valence-electron chi connectivity index (χ0n) is 23.7. The second-order valence-electron chi connectivity index (χ2n) is 11.3. The highest BCUT2D eigenvalue weighted by atomic mass is 16.5. The minimum atomic E-state index is -0.539. The fourth-order valence-electron chi connectivity index (χ4n) is 5.50. The zero-order chi connectivity index (χ0) is 28.1. The molecule has 0 radical (unpaired) electrons. The van der Waals surface area contributed by atoms with E-state index in [4.69, 9.17) is 13.9 Å². The van der Waals surface area contributed by atoms with Gasteiger partial charge in [0, 0.05) is 6.54 Å². The average Bonchev–Trinajstić information content (AvgIpc) is 3.19. The Hall–Kier alpha value is -4.06. The third-order valence-electron chi connectivity index (χ3n) is 7.58. The minimum absolute atomic E-state index is 0.0146. The molecule has 0 saturated carbocycles. The number of hydrogen-bond acceptors (Lipinski definition) is 5. The second kappa shape index (κ2) is 9.92. The van der Waals surface area contributed by atoms with Crippen LogP contribution in [0.3, 0.4) is 0 Å². The van der Waals surface area contributed by atoms with Crippen molar-refractivity contribution >= 4 is 16.9 Å². The first-order valence-electron chi connectivity index (χ1n) is 13.2. The summed E-state index contributed by atoms with van der Waals surface area (Å²) in [5.74, 6) is 1.15. The Bertz CT molecular complexity index is 1630. The van der Waals surface area contributed by atoms with Crippen LogP contribution in [0, 0.1) is 13.8 Å². The number of amides is 1. The molecule has 6 nitrogen and oxygen atoms in total. The number of fused-ring (bicyclic) bond motifs is 2. The highest BCUT2D eigenvalue weighted by molar-refractivity contribution is 5.99. The Morgan fingerprint density at radius 2 is 1.59 bits per heavy atom. The lowest BCUT2D eigenvalue weighted by Gasteiger charge is -2.26. The Labute approximate surface area is 229 Å². The number of methoxy groups -OCH3 is 2. The van der Waals surface area contributed by atoms with Crippen LogP contribution >= 0.6 is 0 Å². The van der Waals surface area contributed by atoms with Crippen molar-refractivity contribution in [2.45, 2.75) is 52.5 Å². The lowest BCUT2D eigenvalue weighted by atomic mass is 9.86. The van der Waals surface area contributed by atoms with Crippen LogP contribution in [0.15, 0.2) is 63.8 Å². The van der Waals surface area contributed by atoms with Crippen LogP contribution in [-0.4, -0.2) is 31.6 Å². The van der Waals surface area contributed by atoms with Gasteiger partial charge in [-0.25, -0.2) is 0 Å². The van der Waals surface area contributed by atoms with Crippen molar-refractivity contribution in [1.29, 1.82) is 0 Å². The van der Waals surface area contributed by atoms with Gasteiger partial charge in [0.25, 0.3) is 5.91 Å². The summed E-state index contributed by atoms with van der Waals surface area (Å²) < 4.78 is 17.1. The van der Waals surface area contributed by atoms with Crippen molar-refractivity contribution in [3.8, 4) is 11.5 Å². The molecule has 6 heteroatoms. The number of aryl methyl sites for hydroxylation is 2. The molecule has 3 aromatic carbocycles. The van der Waals surface area contributed by atoms with E-state index in [1.54, 1.807) is 19.1 Å². The van der Waals surface area contributed by atoms with Crippen LogP contribution in [-0.2, 0) is 11.8 Å². The fraction of sp³-hybridized carbons (Fsp3) is 0.333. The van der Waals surface area contributed by atoms with E-state index in [9.17, 15) is 9.59 Å². The third-order valence-corrected chi connectivity index (χ3v) is 7.58. The predicted octanol–water partition coefficient (Wildman–Crippen LogP) is 6.51. The van der Waals surface area contributed by atoms with Crippen molar-refractivity contribution in [2.75, 3.05) is 20.8 Å². The van der Waals surface area contributed by atoms with Crippen molar-refractivity contribution in [1.82, 2.24) is 4.90 Å². The van der Waals surface area contributed by atoms with Crippen LogP contribution in [0.25, 0.3) is 11.0 Å².